The van der Waals surface area contributed by atoms with Crippen molar-refractivity contribution in [2.75, 3.05) is 19.8 Å². The third-order valence-electron chi connectivity index (χ3n) is 9.20. The van der Waals surface area contributed by atoms with Crippen LogP contribution in [0.4, 0.5) is 0 Å². The summed E-state index contributed by atoms with van der Waals surface area (Å²) in [5, 5.41) is 78.6. The number of hydrogen-bond acceptors (Lipinski definition) is 15. The molecule has 0 spiro atoms. The van der Waals surface area contributed by atoms with E-state index in [2.05, 4.69) is 47.0 Å². The first kappa shape index (κ1) is 42.2. The van der Waals surface area contributed by atoms with Crippen LogP contribution in [0.3, 0.4) is 0 Å². The Morgan fingerprint density at radius 3 is 1.73 bits per heavy atom. The molecule has 0 aromatic carbocycles. The molecule has 6 N–H and O–H groups in total. The van der Waals surface area contributed by atoms with Crippen LogP contribution in [-0.2, 0) is 23.7 Å². The van der Waals surface area contributed by atoms with Gasteiger partial charge in [-0.3, -0.25) is 0 Å². The fourth-order valence-corrected chi connectivity index (χ4v) is 6.48. The van der Waals surface area contributed by atoms with Crippen molar-refractivity contribution in [3.63, 3.8) is 0 Å². The summed E-state index contributed by atoms with van der Waals surface area (Å²) < 4.78 is 29.1. The second-order valence-corrected chi connectivity index (χ2v) is 12.6. The van der Waals surface area contributed by atoms with Crippen molar-refractivity contribution < 1.29 is 54.3 Å². The molecule has 1 aliphatic carbocycles. The highest BCUT2D eigenvalue weighted by atomic mass is 16.7. The normalized spacial score (nSPS) is 38.0. The van der Waals surface area contributed by atoms with Gasteiger partial charge in [0.15, 0.2) is 12.6 Å². The molecule has 3 aliphatic rings. The van der Waals surface area contributed by atoms with Crippen LogP contribution in [0.2, 0.25) is 0 Å². The maximum Gasteiger partial charge on any atom is 0.186 e. The third-order valence-corrected chi connectivity index (χ3v) is 9.20. The van der Waals surface area contributed by atoms with Crippen LogP contribution in [0.1, 0.15) is 64.7 Å². The van der Waals surface area contributed by atoms with Crippen molar-refractivity contribution in [3.8, 4) is 0 Å². The largest absolute Gasteiger partial charge is 0.394 e. The Labute approximate surface area is 292 Å². The first-order valence-electron chi connectivity index (χ1n) is 17.0. The van der Waals surface area contributed by atoms with Gasteiger partial charge in [0.05, 0.1) is 55.7 Å². The third kappa shape index (κ3) is 11.4. The lowest BCUT2D eigenvalue weighted by molar-refractivity contribution is -0.333. The smallest absolute Gasteiger partial charge is 0.186 e. The maximum absolute atomic E-state index is 11.5. The number of ether oxygens (including phenoxy) is 5. The van der Waals surface area contributed by atoms with Gasteiger partial charge in [-0.15, -0.1) is 0 Å². The van der Waals surface area contributed by atoms with Gasteiger partial charge in [-0.2, -0.15) is 0 Å². The molecule has 0 unspecified atom stereocenters. The molecule has 0 aromatic heterocycles. The van der Waals surface area contributed by atoms with Crippen molar-refractivity contribution in [1.82, 2.24) is 0 Å². The molecular weight excluding hydrogens is 680 g/mol. The summed E-state index contributed by atoms with van der Waals surface area (Å²) in [7, 11) is 0. The number of aliphatic hydroxyl groups excluding tert-OH is 6. The van der Waals surface area contributed by atoms with E-state index < -0.39 is 105 Å². The van der Waals surface area contributed by atoms with Crippen molar-refractivity contribution in [1.29, 1.82) is 0 Å². The highest BCUT2D eigenvalue weighted by Crippen LogP contribution is 2.36. The number of hydrogen-bond donors (Lipinski definition) is 6. The highest BCUT2D eigenvalue weighted by molar-refractivity contribution is 5.04. The van der Waals surface area contributed by atoms with Gasteiger partial charge in [-0.25, -0.2) is 0 Å². The van der Waals surface area contributed by atoms with Crippen molar-refractivity contribution in [3.05, 3.63) is 41.8 Å². The molecule has 286 valence electrons. The van der Waals surface area contributed by atoms with E-state index in [1.165, 1.54) is 12.8 Å². The summed E-state index contributed by atoms with van der Waals surface area (Å²) >= 11 is 0. The summed E-state index contributed by atoms with van der Waals surface area (Å²) in [5.41, 5.74) is 36.5. The zero-order valence-corrected chi connectivity index (χ0v) is 28.2. The second-order valence-electron chi connectivity index (χ2n) is 12.6. The molecule has 0 aromatic rings. The van der Waals surface area contributed by atoms with Crippen molar-refractivity contribution >= 4 is 0 Å². The van der Waals surface area contributed by atoms with Gasteiger partial charge >= 0.3 is 0 Å². The van der Waals surface area contributed by atoms with Gasteiger partial charge in [0.2, 0.25) is 0 Å². The van der Waals surface area contributed by atoms with E-state index in [4.69, 9.17) is 29.2 Å². The van der Waals surface area contributed by atoms with E-state index in [1.54, 1.807) is 0 Å². The maximum atomic E-state index is 11.5. The molecule has 2 heterocycles. The van der Waals surface area contributed by atoms with Crippen LogP contribution >= 0.6 is 0 Å². The van der Waals surface area contributed by atoms with Crippen LogP contribution in [0.15, 0.2) is 20.5 Å². The zero-order valence-electron chi connectivity index (χ0n) is 28.2. The van der Waals surface area contributed by atoms with Crippen LogP contribution in [0, 0.1) is 0 Å². The van der Waals surface area contributed by atoms with Crippen molar-refractivity contribution in [2.45, 2.75) is 156 Å². The van der Waals surface area contributed by atoms with Crippen molar-refractivity contribution in [2.24, 2.45) is 20.5 Å². The Bertz CT molecular complexity index is 1270. The molecule has 2 saturated heterocycles. The molecule has 15 atom stereocenters. The molecule has 23 heteroatoms. The molecule has 0 radical (unpaired) electrons. The quantitative estimate of drug-likeness (QED) is 0.0457. The van der Waals surface area contributed by atoms with Gasteiger partial charge in [-0.1, -0.05) is 72.3 Å². The van der Waals surface area contributed by atoms with Crippen LogP contribution in [0.25, 0.3) is 41.8 Å². The zero-order chi connectivity index (χ0) is 37.3. The summed E-state index contributed by atoms with van der Waals surface area (Å²) in [6.45, 7) is 1.30. The number of azide groups is 4. The van der Waals surface area contributed by atoms with E-state index in [-0.39, 0.29) is 13.0 Å². The van der Waals surface area contributed by atoms with E-state index in [9.17, 15) is 47.2 Å². The second kappa shape index (κ2) is 22.0. The average Bonchev–Trinajstić information content (AvgIpc) is 3.12. The predicted molar refractivity (Wildman–Crippen MR) is 174 cm³/mol. The first-order chi connectivity index (χ1) is 24.7. The van der Waals surface area contributed by atoms with Gasteiger partial charge in [0.1, 0.15) is 36.6 Å². The average molecular weight is 729 g/mol. The summed E-state index contributed by atoms with van der Waals surface area (Å²) in [4.78, 5) is 10.9. The predicted octanol–water partition coefficient (Wildman–Crippen LogP) is 2.28. The number of aliphatic hydroxyl groups is 6. The Kier molecular flexibility index (Phi) is 18.2. The van der Waals surface area contributed by atoms with Gasteiger partial charge in [-0.05, 0) is 35.0 Å². The number of unbranched alkanes of at least 4 members (excludes halogenated alkanes) is 7. The minimum absolute atomic E-state index is 0.236. The highest BCUT2D eigenvalue weighted by Gasteiger charge is 2.53. The van der Waals surface area contributed by atoms with Gasteiger partial charge in [0, 0.05) is 26.3 Å². The fourth-order valence-electron chi connectivity index (χ4n) is 6.48. The lowest BCUT2D eigenvalue weighted by Gasteiger charge is -2.48. The van der Waals surface area contributed by atoms with E-state index in [0.29, 0.717) is 6.42 Å². The Morgan fingerprint density at radius 1 is 0.627 bits per heavy atom. The molecule has 51 heavy (non-hydrogen) atoms. The molecule has 3 rings (SSSR count). The Morgan fingerprint density at radius 2 is 1.18 bits per heavy atom. The SMILES string of the molecule is CCCCCCCCCCO[C@H]1[C@H](N=[N+]=[N-])[C@@H](O)[C@@H](O[C@@H]2[C@@H](O)[C@H](O[C@H]3O[C@H](CN=[N+]=[N-])[C@@H](O)[C@H](O)[C@H]3O)[C@@H](N=[N+]=[N-])C[C@H]2N=[N+]=[N-])O[C@@H]1CO. The molecule has 0 bridgehead atoms. The van der Waals surface area contributed by atoms with Crippen LogP contribution in [-0.4, -0.2) is 142 Å². The lowest BCUT2D eigenvalue weighted by atomic mass is 9.84. The molecule has 3 fully saturated rings. The van der Waals surface area contributed by atoms with Gasteiger partial charge < -0.3 is 54.3 Å². The summed E-state index contributed by atoms with van der Waals surface area (Å²) in [6, 6.07) is -3.85. The first-order valence-corrected chi connectivity index (χ1v) is 17.0. The number of rotatable bonds is 20. The van der Waals surface area contributed by atoms with Crippen LogP contribution in [0.5, 0.6) is 0 Å². The molecule has 0 amide bonds. The Balaban J connectivity index is 1.78. The molecular formula is C28H48N12O11. The van der Waals surface area contributed by atoms with E-state index in [0.717, 1.165) is 32.1 Å². The Hall–Kier alpha value is -3.20. The monoisotopic (exact) mass is 728 g/mol. The van der Waals surface area contributed by atoms with Crippen LogP contribution < -0.4 is 0 Å². The summed E-state index contributed by atoms with van der Waals surface area (Å²) in [6.07, 6.45) is -11.0. The van der Waals surface area contributed by atoms with E-state index >= 15 is 0 Å². The number of nitrogens with zero attached hydrogens (tertiary/aromatic N) is 12. The van der Waals surface area contributed by atoms with Gasteiger partial charge in [0.25, 0.3) is 0 Å². The topological polar surface area (TPSA) is 363 Å². The summed E-state index contributed by atoms with van der Waals surface area (Å²) in [5.74, 6) is 0. The van der Waals surface area contributed by atoms with E-state index in [1.807, 2.05) is 0 Å². The minimum Gasteiger partial charge on any atom is -0.394 e. The molecule has 23 nitrogen and oxygen atoms in total. The standard InChI is InChI=1S/C28H48N12O11/c1-2-3-4-5-6-7-8-9-10-47-26-17(13-41)49-27(20(43)18(26)36-40-32)50-24-14(34-38-30)11-15(35-39-31)25(23(24)46)51-28-22(45)21(44)19(42)16(48-28)12-33-37-29/h14-28,41-46H,2-13H2,1H3/t14-,15+,16-,17-,18-,19-,20-,21+,22-,23-,24+,25-,26-,27-,28-/m1/s1. The lowest BCUT2D eigenvalue weighted by Crippen LogP contribution is -2.65. The molecule has 1 saturated carbocycles. The minimum atomic E-state index is -1.89. The molecule has 2 aliphatic heterocycles. The fraction of sp³-hybridized carbons (Fsp3) is 1.00.